The number of hydrogen-bond donors (Lipinski definition) is 2. The quantitative estimate of drug-likeness (QED) is 0.500. The van der Waals surface area contributed by atoms with E-state index in [2.05, 4.69) is 41.3 Å². The summed E-state index contributed by atoms with van der Waals surface area (Å²) in [7, 11) is 0. The molecule has 0 unspecified atom stereocenters. The Labute approximate surface area is 136 Å². The van der Waals surface area contributed by atoms with Crippen LogP contribution in [0.4, 0.5) is 5.69 Å². The molecule has 0 fully saturated rings. The Kier molecular flexibility index (Phi) is 5.78. The van der Waals surface area contributed by atoms with E-state index in [-0.39, 0.29) is 0 Å². The first-order chi connectivity index (χ1) is 10.5. The molecule has 0 amide bonds. The van der Waals surface area contributed by atoms with Crippen LogP contribution in [0.2, 0.25) is 5.15 Å². The van der Waals surface area contributed by atoms with E-state index >= 15 is 0 Å². The Balaban J connectivity index is 1.89. The van der Waals surface area contributed by atoms with E-state index in [9.17, 15) is 0 Å². The minimum Gasteiger partial charge on any atom is -0.370 e. The number of nitrogens with zero attached hydrogens (tertiary/aromatic N) is 2. The largest absolute Gasteiger partial charge is 0.370 e. The van der Waals surface area contributed by atoms with Crippen molar-refractivity contribution in [2.24, 2.45) is 10.7 Å². The van der Waals surface area contributed by atoms with Crippen molar-refractivity contribution >= 4 is 23.2 Å². The van der Waals surface area contributed by atoms with Gasteiger partial charge in [0.25, 0.3) is 0 Å². The van der Waals surface area contributed by atoms with Gasteiger partial charge in [-0.05, 0) is 41.7 Å². The van der Waals surface area contributed by atoms with Gasteiger partial charge in [-0.3, -0.25) is 4.99 Å². The van der Waals surface area contributed by atoms with Gasteiger partial charge in [0.2, 0.25) is 0 Å². The van der Waals surface area contributed by atoms with Gasteiger partial charge in [0, 0.05) is 18.4 Å². The van der Waals surface area contributed by atoms with Crippen LogP contribution in [0.15, 0.2) is 47.6 Å². The minimum absolute atomic E-state index is 0.419. The van der Waals surface area contributed by atoms with Gasteiger partial charge < -0.3 is 11.1 Å². The SMILES string of the molecule is CC(C)c1cccc(NC(N)=NCCc2ccc(Cl)nc2)c1. The highest BCUT2D eigenvalue weighted by molar-refractivity contribution is 6.29. The van der Waals surface area contributed by atoms with E-state index in [1.54, 1.807) is 12.3 Å². The maximum absolute atomic E-state index is 5.92. The predicted octanol–water partition coefficient (Wildman–Crippen LogP) is 3.83. The smallest absolute Gasteiger partial charge is 0.193 e. The fraction of sp³-hybridized carbons (Fsp3) is 0.294. The third-order valence-electron chi connectivity index (χ3n) is 3.30. The molecule has 5 heteroatoms. The van der Waals surface area contributed by atoms with Crippen molar-refractivity contribution in [3.8, 4) is 0 Å². The Hall–Kier alpha value is -2.07. The molecule has 0 spiro atoms. The number of anilines is 1. The summed E-state index contributed by atoms with van der Waals surface area (Å²) in [5.74, 6) is 0.903. The number of rotatable bonds is 5. The average molecular weight is 317 g/mol. The zero-order valence-electron chi connectivity index (χ0n) is 12.9. The van der Waals surface area contributed by atoms with Crippen LogP contribution in [0.5, 0.6) is 0 Å². The highest BCUT2D eigenvalue weighted by Gasteiger charge is 2.01. The van der Waals surface area contributed by atoms with Gasteiger partial charge in [0.15, 0.2) is 5.96 Å². The standard InChI is InChI=1S/C17H21ClN4/c1-12(2)14-4-3-5-15(10-14)22-17(19)20-9-8-13-6-7-16(18)21-11-13/h3-7,10-12H,8-9H2,1-2H3,(H3,19,20,22). The van der Waals surface area contributed by atoms with Gasteiger partial charge in [0.1, 0.15) is 5.15 Å². The molecule has 2 aromatic rings. The van der Waals surface area contributed by atoms with Crippen LogP contribution < -0.4 is 11.1 Å². The fourth-order valence-electron chi connectivity index (χ4n) is 2.02. The molecule has 116 valence electrons. The van der Waals surface area contributed by atoms with E-state index in [4.69, 9.17) is 17.3 Å². The second kappa shape index (κ2) is 7.80. The van der Waals surface area contributed by atoms with Gasteiger partial charge >= 0.3 is 0 Å². The predicted molar refractivity (Wildman–Crippen MR) is 93.6 cm³/mol. The molecule has 0 saturated carbocycles. The van der Waals surface area contributed by atoms with Crippen LogP contribution in [0.25, 0.3) is 0 Å². The van der Waals surface area contributed by atoms with Crippen molar-refractivity contribution < 1.29 is 0 Å². The fourth-order valence-corrected chi connectivity index (χ4v) is 2.13. The molecule has 1 aromatic heterocycles. The van der Waals surface area contributed by atoms with E-state index in [1.165, 1.54) is 5.56 Å². The zero-order chi connectivity index (χ0) is 15.9. The second-order valence-corrected chi connectivity index (χ2v) is 5.80. The Morgan fingerprint density at radius 2 is 2.14 bits per heavy atom. The lowest BCUT2D eigenvalue weighted by atomic mass is 10.0. The third kappa shape index (κ3) is 5.04. The van der Waals surface area contributed by atoms with Gasteiger partial charge in [-0.15, -0.1) is 0 Å². The summed E-state index contributed by atoms with van der Waals surface area (Å²) in [6.45, 7) is 4.93. The Morgan fingerprint density at radius 3 is 2.82 bits per heavy atom. The summed E-state index contributed by atoms with van der Waals surface area (Å²) >= 11 is 5.75. The van der Waals surface area contributed by atoms with Gasteiger partial charge in [-0.25, -0.2) is 4.98 Å². The number of hydrogen-bond acceptors (Lipinski definition) is 2. The topological polar surface area (TPSA) is 63.3 Å². The highest BCUT2D eigenvalue weighted by Crippen LogP contribution is 2.18. The molecular formula is C17H21ClN4. The minimum atomic E-state index is 0.419. The van der Waals surface area contributed by atoms with Crippen molar-refractivity contribution in [3.05, 3.63) is 58.9 Å². The molecule has 0 atom stereocenters. The first-order valence-corrected chi connectivity index (χ1v) is 7.69. The highest BCUT2D eigenvalue weighted by atomic mass is 35.5. The van der Waals surface area contributed by atoms with Crippen molar-refractivity contribution in [2.45, 2.75) is 26.2 Å². The molecule has 0 aliphatic heterocycles. The summed E-state index contributed by atoms with van der Waals surface area (Å²) in [6.07, 6.45) is 2.53. The second-order valence-electron chi connectivity index (χ2n) is 5.41. The maximum Gasteiger partial charge on any atom is 0.193 e. The number of nitrogens with two attached hydrogens (primary N) is 1. The van der Waals surface area contributed by atoms with Crippen molar-refractivity contribution in [3.63, 3.8) is 0 Å². The van der Waals surface area contributed by atoms with Gasteiger partial charge in [0.05, 0.1) is 0 Å². The van der Waals surface area contributed by atoms with Crippen LogP contribution in [0, 0.1) is 0 Å². The molecule has 22 heavy (non-hydrogen) atoms. The van der Waals surface area contributed by atoms with Crippen molar-refractivity contribution in [1.29, 1.82) is 0 Å². The summed E-state index contributed by atoms with van der Waals surface area (Å²) in [6, 6.07) is 11.9. The van der Waals surface area contributed by atoms with E-state index in [1.807, 2.05) is 18.2 Å². The van der Waals surface area contributed by atoms with E-state index in [0.717, 1.165) is 17.7 Å². The van der Waals surface area contributed by atoms with Gasteiger partial charge in [-0.2, -0.15) is 0 Å². The number of nitrogens with one attached hydrogen (secondary N) is 1. The molecule has 3 N–H and O–H groups in total. The normalized spacial score (nSPS) is 11.7. The number of benzene rings is 1. The summed E-state index contributed by atoms with van der Waals surface area (Å²) in [5, 5.41) is 3.62. The molecule has 0 radical (unpaired) electrons. The summed E-state index contributed by atoms with van der Waals surface area (Å²) in [5.41, 5.74) is 9.24. The lowest BCUT2D eigenvalue weighted by Gasteiger charge is -2.10. The molecule has 0 bridgehead atoms. The van der Waals surface area contributed by atoms with Crippen LogP contribution >= 0.6 is 11.6 Å². The van der Waals surface area contributed by atoms with Gasteiger partial charge in [-0.1, -0.05) is 43.6 Å². The number of aliphatic imine (C=N–C) groups is 1. The summed E-state index contributed by atoms with van der Waals surface area (Å²) < 4.78 is 0. The first-order valence-electron chi connectivity index (χ1n) is 7.32. The maximum atomic E-state index is 5.92. The number of halogens is 1. The first kappa shape index (κ1) is 16.3. The molecule has 1 aromatic carbocycles. The van der Waals surface area contributed by atoms with Crippen LogP contribution in [0.3, 0.4) is 0 Å². The molecule has 2 rings (SSSR count). The molecule has 4 nitrogen and oxygen atoms in total. The summed E-state index contributed by atoms with van der Waals surface area (Å²) in [4.78, 5) is 8.38. The molecule has 1 heterocycles. The lowest BCUT2D eigenvalue weighted by molar-refractivity contribution is 0.867. The van der Waals surface area contributed by atoms with E-state index < -0.39 is 0 Å². The van der Waals surface area contributed by atoms with Crippen LogP contribution in [-0.2, 0) is 6.42 Å². The van der Waals surface area contributed by atoms with Crippen molar-refractivity contribution in [1.82, 2.24) is 4.98 Å². The monoisotopic (exact) mass is 316 g/mol. The zero-order valence-corrected chi connectivity index (χ0v) is 13.6. The number of guanidine groups is 1. The Bertz CT molecular complexity index is 635. The molecule has 0 aliphatic rings. The van der Waals surface area contributed by atoms with Crippen LogP contribution in [0.1, 0.15) is 30.9 Å². The molecular weight excluding hydrogens is 296 g/mol. The average Bonchev–Trinajstić information content (AvgIpc) is 2.49. The number of pyridine rings is 1. The van der Waals surface area contributed by atoms with Crippen LogP contribution in [-0.4, -0.2) is 17.5 Å². The lowest BCUT2D eigenvalue weighted by Crippen LogP contribution is -2.23. The van der Waals surface area contributed by atoms with Crippen molar-refractivity contribution in [2.75, 3.05) is 11.9 Å². The Morgan fingerprint density at radius 1 is 1.32 bits per heavy atom. The molecule has 0 saturated heterocycles. The third-order valence-corrected chi connectivity index (χ3v) is 3.52. The number of aromatic nitrogens is 1. The van der Waals surface area contributed by atoms with E-state index in [0.29, 0.717) is 23.6 Å². The molecule has 0 aliphatic carbocycles.